The highest BCUT2D eigenvalue weighted by Gasteiger charge is 2.31. The Morgan fingerprint density at radius 3 is 2.30 bits per heavy atom. The summed E-state index contributed by atoms with van der Waals surface area (Å²) < 4.78 is 2.03. The van der Waals surface area contributed by atoms with Crippen molar-refractivity contribution >= 4 is 0 Å². The Hall–Kier alpha value is -1.79. The van der Waals surface area contributed by atoms with Gasteiger partial charge in [-0.2, -0.15) is 0 Å². The molecule has 2 aromatic rings. The number of aromatic nitrogens is 4. The van der Waals surface area contributed by atoms with Gasteiger partial charge >= 0.3 is 0 Å². The minimum Gasteiger partial charge on any atom is -0.297 e. The second-order valence-electron chi connectivity index (χ2n) is 8.43. The van der Waals surface area contributed by atoms with Crippen molar-refractivity contribution < 1.29 is 0 Å². The average molecular weight is 371 g/mol. The van der Waals surface area contributed by atoms with E-state index in [1.165, 1.54) is 5.56 Å². The summed E-state index contributed by atoms with van der Waals surface area (Å²) >= 11 is 0. The fourth-order valence-corrected chi connectivity index (χ4v) is 3.89. The molecule has 0 saturated carbocycles. The minimum atomic E-state index is 0.283. The van der Waals surface area contributed by atoms with Crippen molar-refractivity contribution in [2.24, 2.45) is 11.8 Å². The van der Waals surface area contributed by atoms with Crippen molar-refractivity contribution in [2.75, 3.05) is 26.2 Å². The van der Waals surface area contributed by atoms with Crippen LogP contribution >= 0.6 is 0 Å². The zero-order valence-electron chi connectivity index (χ0n) is 17.3. The number of aryl methyl sites for hydroxylation is 1. The number of benzene rings is 1. The summed E-state index contributed by atoms with van der Waals surface area (Å²) in [5.41, 5.74) is 1.39. The van der Waals surface area contributed by atoms with Crippen molar-refractivity contribution in [3.05, 3.63) is 41.7 Å². The molecule has 1 unspecified atom stereocenters. The maximum atomic E-state index is 4.42. The standard InChI is InChI=1S/C21H34N6/c1-17(2)10-11-27-21(22-23-24-27)20(18(3)4)26-14-12-25(13-15-26)16-19-8-6-5-7-9-19/h5-9,17-18,20H,10-16H2,1-4H3. The monoisotopic (exact) mass is 370 g/mol. The molecule has 27 heavy (non-hydrogen) atoms. The zero-order valence-corrected chi connectivity index (χ0v) is 17.3. The van der Waals surface area contributed by atoms with Crippen LogP contribution in [0.2, 0.25) is 0 Å². The Bertz CT molecular complexity index is 673. The van der Waals surface area contributed by atoms with Gasteiger partial charge < -0.3 is 0 Å². The molecule has 6 heteroatoms. The second kappa shape index (κ2) is 9.42. The molecule has 1 saturated heterocycles. The fraction of sp³-hybridized carbons (Fsp3) is 0.667. The molecule has 0 aliphatic carbocycles. The topological polar surface area (TPSA) is 50.1 Å². The van der Waals surface area contributed by atoms with Crippen molar-refractivity contribution in [3.8, 4) is 0 Å². The summed E-state index contributed by atoms with van der Waals surface area (Å²) in [6, 6.07) is 11.0. The van der Waals surface area contributed by atoms with Gasteiger partial charge in [-0.3, -0.25) is 9.80 Å². The van der Waals surface area contributed by atoms with Crippen LogP contribution in [0.15, 0.2) is 30.3 Å². The molecule has 0 N–H and O–H groups in total. The predicted octanol–water partition coefficient (Wildman–Crippen LogP) is 3.23. The van der Waals surface area contributed by atoms with E-state index in [9.17, 15) is 0 Å². The summed E-state index contributed by atoms with van der Waals surface area (Å²) in [7, 11) is 0. The normalized spacial score (nSPS) is 17.7. The number of hydrogen-bond acceptors (Lipinski definition) is 5. The molecule has 1 aliphatic heterocycles. The SMILES string of the molecule is CC(C)CCn1nnnc1C(C(C)C)N1CCN(Cc2ccccc2)CC1. The van der Waals surface area contributed by atoms with Gasteiger partial charge in [-0.15, -0.1) is 5.10 Å². The van der Waals surface area contributed by atoms with E-state index in [-0.39, 0.29) is 6.04 Å². The molecule has 0 radical (unpaired) electrons. The van der Waals surface area contributed by atoms with Gasteiger partial charge in [-0.05, 0) is 34.2 Å². The number of tetrazole rings is 1. The van der Waals surface area contributed by atoms with Crippen LogP contribution in [0.1, 0.15) is 51.5 Å². The molecule has 3 rings (SSSR count). The highest BCUT2D eigenvalue weighted by atomic mass is 15.6. The van der Waals surface area contributed by atoms with E-state index in [1.807, 2.05) is 4.68 Å². The smallest absolute Gasteiger partial charge is 0.168 e. The summed E-state index contributed by atoms with van der Waals surface area (Å²) in [4.78, 5) is 5.12. The van der Waals surface area contributed by atoms with E-state index in [1.54, 1.807) is 0 Å². The summed E-state index contributed by atoms with van der Waals surface area (Å²) in [6.45, 7) is 15.3. The number of rotatable bonds is 8. The van der Waals surface area contributed by atoms with Crippen molar-refractivity contribution in [3.63, 3.8) is 0 Å². The molecule has 1 fully saturated rings. The lowest BCUT2D eigenvalue weighted by atomic mass is 10.0. The molecule has 0 bridgehead atoms. The van der Waals surface area contributed by atoms with Crippen LogP contribution in [0.25, 0.3) is 0 Å². The molecule has 148 valence electrons. The van der Waals surface area contributed by atoms with E-state index < -0.39 is 0 Å². The van der Waals surface area contributed by atoms with E-state index in [4.69, 9.17) is 0 Å². The third kappa shape index (κ3) is 5.36. The fourth-order valence-electron chi connectivity index (χ4n) is 3.89. The number of piperazine rings is 1. The van der Waals surface area contributed by atoms with Gasteiger partial charge in [0.25, 0.3) is 0 Å². The highest BCUT2D eigenvalue weighted by molar-refractivity contribution is 5.14. The van der Waals surface area contributed by atoms with Crippen LogP contribution in [0.3, 0.4) is 0 Å². The summed E-state index contributed by atoms with van der Waals surface area (Å²) in [6.07, 6.45) is 1.10. The van der Waals surface area contributed by atoms with Crippen LogP contribution < -0.4 is 0 Å². The van der Waals surface area contributed by atoms with E-state index in [2.05, 4.69) is 83.4 Å². The third-order valence-electron chi connectivity index (χ3n) is 5.42. The van der Waals surface area contributed by atoms with Crippen molar-refractivity contribution in [2.45, 2.75) is 53.2 Å². The molecular formula is C21H34N6. The van der Waals surface area contributed by atoms with Crippen LogP contribution in [-0.4, -0.2) is 56.2 Å². The molecule has 1 aliphatic rings. The molecule has 6 nitrogen and oxygen atoms in total. The van der Waals surface area contributed by atoms with E-state index >= 15 is 0 Å². The molecule has 2 heterocycles. The first-order chi connectivity index (χ1) is 13.0. The molecule has 0 spiro atoms. The van der Waals surface area contributed by atoms with Crippen molar-refractivity contribution in [1.82, 2.24) is 30.0 Å². The van der Waals surface area contributed by atoms with E-state index in [0.717, 1.165) is 51.5 Å². The maximum Gasteiger partial charge on any atom is 0.168 e. The largest absolute Gasteiger partial charge is 0.297 e. The first-order valence-corrected chi connectivity index (χ1v) is 10.3. The Labute approximate surface area is 163 Å². The average Bonchev–Trinajstić information content (AvgIpc) is 3.10. The van der Waals surface area contributed by atoms with Gasteiger partial charge in [0.15, 0.2) is 5.82 Å². The summed E-state index contributed by atoms with van der Waals surface area (Å²) in [5, 5.41) is 12.7. The molecule has 1 aromatic carbocycles. The Kier molecular flexibility index (Phi) is 6.96. The summed E-state index contributed by atoms with van der Waals surface area (Å²) in [5.74, 6) is 2.16. The Morgan fingerprint density at radius 2 is 1.67 bits per heavy atom. The lowest BCUT2D eigenvalue weighted by Crippen LogP contribution is -2.48. The third-order valence-corrected chi connectivity index (χ3v) is 5.42. The van der Waals surface area contributed by atoms with E-state index in [0.29, 0.717) is 11.8 Å². The highest BCUT2D eigenvalue weighted by Crippen LogP contribution is 2.28. The Balaban J connectivity index is 1.63. The first kappa shape index (κ1) is 20.0. The maximum absolute atomic E-state index is 4.42. The molecule has 1 atom stereocenters. The van der Waals surface area contributed by atoms with Crippen LogP contribution in [0.5, 0.6) is 0 Å². The van der Waals surface area contributed by atoms with Gasteiger partial charge in [0.05, 0.1) is 6.04 Å². The predicted molar refractivity (Wildman–Crippen MR) is 108 cm³/mol. The van der Waals surface area contributed by atoms with Gasteiger partial charge in [-0.1, -0.05) is 58.0 Å². The van der Waals surface area contributed by atoms with Crippen LogP contribution in [0, 0.1) is 11.8 Å². The lowest BCUT2D eigenvalue weighted by Gasteiger charge is -2.40. The number of nitrogens with zero attached hydrogens (tertiary/aromatic N) is 6. The van der Waals surface area contributed by atoms with Crippen LogP contribution in [-0.2, 0) is 13.1 Å². The van der Waals surface area contributed by atoms with Gasteiger partial charge in [0.2, 0.25) is 0 Å². The van der Waals surface area contributed by atoms with Gasteiger partial charge in [-0.25, -0.2) is 4.68 Å². The number of hydrogen-bond donors (Lipinski definition) is 0. The quantitative estimate of drug-likeness (QED) is 0.714. The van der Waals surface area contributed by atoms with Crippen molar-refractivity contribution in [1.29, 1.82) is 0 Å². The lowest BCUT2D eigenvalue weighted by molar-refractivity contribution is 0.0660. The minimum absolute atomic E-state index is 0.283. The molecule has 1 aromatic heterocycles. The first-order valence-electron chi connectivity index (χ1n) is 10.3. The van der Waals surface area contributed by atoms with Gasteiger partial charge in [0.1, 0.15) is 0 Å². The second-order valence-corrected chi connectivity index (χ2v) is 8.43. The molecular weight excluding hydrogens is 336 g/mol. The van der Waals surface area contributed by atoms with Crippen LogP contribution in [0.4, 0.5) is 0 Å². The van der Waals surface area contributed by atoms with Gasteiger partial charge in [0, 0.05) is 39.3 Å². The molecule has 0 amide bonds. The zero-order chi connectivity index (χ0) is 19.2. The Morgan fingerprint density at radius 1 is 0.963 bits per heavy atom.